The van der Waals surface area contributed by atoms with Gasteiger partial charge in [0.05, 0.1) is 6.61 Å². The van der Waals surface area contributed by atoms with E-state index in [0.717, 1.165) is 16.5 Å². The quantitative estimate of drug-likeness (QED) is 0.786. The molecule has 4 heteroatoms. The number of aryl methyl sites for hydroxylation is 1. The van der Waals surface area contributed by atoms with E-state index in [9.17, 15) is 9.90 Å². The Balaban J connectivity index is 1.92. The van der Waals surface area contributed by atoms with Crippen molar-refractivity contribution in [2.75, 3.05) is 13.2 Å². The van der Waals surface area contributed by atoms with E-state index in [-0.39, 0.29) is 19.1 Å². The molecular formula is C19H19NO3. The van der Waals surface area contributed by atoms with Crippen LogP contribution in [0.1, 0.15) is 21.7 Å². The summed E-state index contributed by atoms with van der Waals surface area (Å²) >= 11 is 0. The summed E-state index contributed by atoms with van der Waals surface area (Å²) in [5.74, 6) is 0.146. The highest BCUT2D eigenvalue weighted by Crippen LogP contribution is 2.26. The maximum atomic E-state index is 12.9. The van der Waals surface area contributed by atoms with Gasteiger partial charge < -0.3 is 14.4 Å². The molecule has 3 rings (SSSR count). The standard InChI is InChI=1S/C19H19NO3/c1-14-16-9-5-6-10-17(16)23-18(14)19(22)20(11-12-21)13-15-7-3-2-4-8-15/h2-10,21H,11-13H2,1H3. The van der Waals surface area contributed by atoms with Gasteiger partial charge >= 0.3 is 0 Å². The zero-order valence-electron chi connectivity index (χ0n) is 13.0. The number of nitrogens with zero attached hydrogens (tertiary/aromatic N) is 1. The lowest BCUT2D eigenvalue weighted by atomic mass is 10.1. The van der Waals surface area contributed by atoms with E-state index in [4.69, 9.17) is 4.42 Å². The Morgan fingerprint density at radius 3 is 2.48 bits per heavy atom. The Morgan fingerprint density at radius 2 is 1.78 bits per heavy atom. The number of hydrogen-bond acceptors (Lipinski definition) is 3. The number of rotatable bonds is 5. The van der Waals surface area contributed by atoms with Gasteiger partial charge in [-0.05, 0) is 18.6 Å². The maximum Gasteiger partial charge on any atom is 0.290 e. The number of carbonyl (C=O) groups excluding carboxylic acids is 1. The van der Waals surface area contributed by atoms with Gasteiger partial charge in [0.25, 0.3) is 5.91 Å². The number of amides is 1. The highest BCUT2D eigenvalue weighted by atomic mass is 16.3. The van der Waals surface area contributed by atoms with Gasteiger partial charge in [-0.2, -0.15) is 0 Å². The van der Waals surface area contributed by atoms with Crippen molar-refractivity contribution in [3.05, 3.63) is 71.5 Å². The van der Waals surface area contributed by atoms with Crippen LogP contribution in [0.4, 0.5) is 0 Å². The Bertz CT molecular complexity index is 808. The Morgan fingerprint density at radius 1 is 1.09 bits per heavy atom. The van der Waals surface area contributed by atoms with E-state index < -0.39 is 0 Å². The smallest absolute Gasteiger partial charge is 0.290 e. The summed E-state index contributed by atoms with van der Waals surface area (Å²) in [6.07, 6.45) is 0. The second kappa shape index (κ2) is 6.67. The average molecular weight is 309 g/mol. The van der Waals surface area contributed by atoms with Crippen molar-refractivity contribution in [1.29, 1.82) is 0 Å². The third-order valence-electron chi connectivity index (χ3n) is 3.91. The van der Waals surface area contributed by atoms with E-state index in [2.05, 4.69) is 0 Å². The predicted octanol–water partition coefficient (Wildman–Crippen LogP) is 3.38. The van der Waals surface area contributed by atoms with E-state index in [1.807, 2.05) is 61.5 Å². The zero-order valence-corrected chi connectivity index (χ0v) is 13.0. The normalized spacial score (nSPS) is 10.9. The molecule has 0 unspecified atom stereocenters. The van der Waals surface area contributed by atoms with Crippen LogP contribution in [0, 0.1) is 6.92 Å². The zero-order chi connectivity index (χ0) is 16.2. The predicted molar refractivity (Wildman–Crippen MR) is 89.2 cm³/mol. The maximum absolute atomic E-state index is 12.9. The van der Waals surface area contributed by atoms with E-state index in [1.54, 1.807) is 4.90 Å². The van der Waals surface area contributed by atoms with Crippen molar-refractivity contribution in [3.63, 3.8) is 0 Å². The van der Waals surface area contributed by atoms with E-state index in [0.29, 0.717) is 17.9 Å². The molecule has 0 spiro atoms. The summed E-state index contributed by atoms with van der Waals surface area (Å²) in [7, 11) is 0. The van der Waals surface area contributed by atoms with Crippen LogP contribution in [0.2, 0.25) is 0 Å². The Labute approximate surface area is 135 Å². The molecule has 1 N–H and O–H groups in total. The minimum Gasteiger partial charge on any atom is -0.451 e. The van der Waals surface area contributed by atoms with Crippen molar-refractivity contribution >= 4 is 16.9 Å². The first-order valence-electron chi connectivity index (χ1n) is 7.63. The van der Waals surface area contributed by atoms with Crippen LogP contribution in [-0.2, 0) is 6.54 Å². The van der Waals surface area contributed by atoms with Gasteiger partial charge in [-0.15, -0.1) is 0 Å². The summed E-state index contributed by atoms with van der Waals surface area (Å²) in [4.78, 5) is 14.5. The third kappa shape index (κ3) is 3.12. The lowest BCUT2D eigenvalue weighted by Gasteiger charge is -2.21. The van der Waals surface area contributed by atoms with Gasteiger partial charge in [0.15, 0.2) is 5.76 Å². The molecule has 1 aromatic heterocycles. The molecule has 0 aliphatic rings. The Hall–Kier alpha value is -2.59. The summed E-state index contributed by atoms with van der Waals surface area (Å²) < 4.78 is 5.75. The molecule has 118 valence electrons. The van der Waals surface area contributed by atoms with Gasteiger partial charge in [0.2, 0.25) is 0 Å². The Kier molecular flexibility index (Phi) is 4.44. The fourth-order valence-electron chi connectivity index (χ4n) is 2.70. The van der Waals surface area contributed by atoms with Crippen LogP contribution in [0.15, 0.2) is 59.0 Å². The van der Waals surface area contributed by atoms with Crippen molar-refractivity contribution in [2.45, 2.75) is 13.5 Å². The fraction of sp³-hybridized carbons (Fsp3) is 0.211. The molecule has 0 aliphatic heterocycles. The van der Waals surface area contributed by atoms with E-state index >= 15 is 0 Å². The summed E-state index contributed by atoms with van der Waals surface area (Å²) in [5.41, 5.74) is 2.56. The number of benzene rings is 2. The van der Waals surface area contributed by atoms with Crippen LogP contribution in [-0.4, -0.2) is 29.1 Å². The second-order valence-electron chi connectivity index (χ2n) is 5.49. The first-order chi connectivity index (χ1) is 11.2. The number of furan rings is 1. The van der Waals surface area contributed by atoms with Crippen LogP contribution in [0.25, 0.3) is 11.0 Å². The molecule has 0 aliphatic carbocycles. The number of carbonyl (C=O) groups is 1. The highest BCUT2D eigenvalue weighted by Gasteiger charge is 2.23. The molecule has 0 saturated carbocycles. The molecule has 0 fully saturated rings. The van der Waals surface area contributed by atoms with Crippen LogP contribution in [0.5, 0.6) is 0 Å². The van der Waals surface area contributed by atoms with Crippen molar-refractivity contribution in [3.8, 4) is 0 Å². The topological polar surface area (TPSA) is 53.7 Å². The molecule has 3 aromatic rings. The monoisotopic (exact) mass is 309 g/mol. The van der Waals surface area contributed by atoms with Gasteiger partial charge in [0, 0.05) is 24.0 Å². The minimum absolute atomic E-state index is 0.0855. The van der Waals surface area contributed by atoms with Crippen molar-refractivity contribution < 1.29 is 14.3 Å². The first-order valence-corrected chi connectivity index (χ1v) is 7.63. The molecule has 1 amide bonds. The summed E-state index contributed by atoms with van der Waals surface area (Å²) in [5, 5.41) is 10.2. The molecule has 4 nitrogen and oxygen atoms in total. The molecule has 23 heavy (non-hydrogen) atoms. The lowest BCUT2D eigenvalue weighted by Crippen LogP contribution is -2.33. The van der Waals surface area contributed by atoms with Crippen LogP contribution in [0.3, 0.4) is 0 Å². The molecular weight excluding hydrogens is 290 g/mol. The van der Waals surface area contributed by atoms with Gasteiger partial charge in [-0.1, -0.05) is 48.5 Å². The molecule has 0 bridgehead atoms. The fourth-order valence-corrected chi connectivity index (χ4v) is 2.70. The molecule has 0 radical (unpaired) electrons. The average Bonchev–Trinajstić information content (AvgIpc) is 2.92. The third-order valence-corrected chi connectivity index (χ3v) is 3.91. The minimum atomic E-state index is -0.198. The highest BCUT2D eigenvalue weighted by molar-refractivity contribution is 5.98. The SMILES string of the molecule is Cc1c(C(=O)N(CCO)Cc2ccccc2)oc2ccccc12. The molecule has 0 saturated heterocycles. The summed E-state index contributed by atoms with van der Waals surface area (Å²) in [6, 6.07) is 17.3. The van der Waals surface area contributed by atoms with Crippen molar-refractivity contribution in [2.24, 2.45) is 0 Å². The number of aliphatic hydroxyl groups excluding tert-OH is 1. The van der Waals surface area contributed by atoms with Crippen LogP contribution < -0.4 is 0 Å². The number of para-hydroxylation sites is 1. The van der Waals surface area contributed by atoms with Gasteiger partial charge in [0.1, 0.15) is 5.58 Å². The van der Waals surface area contributed by atoms with E-state index in [1.165, 1.54) is 0 Å². The van der Waals surface area contributed by atoms with Gasteiger partial charge in [-0.3, -0.25) is 4.79 Å². The first kappa shape index (κ1) is 15.3. The molecule has 2 aromatic carbocycles. The summed E-state index contributed by atoms with van der Waals surface area (Å²) in [6.45, 7) is 2.51. The molecule has 1 heterocycles. The second-order valence-corrected chi connectivity index (χ2v) is 5.49. The van der Waals surface area contributed by atoms with Gasteiger partial charge in [-0.25, -0.2) is 0 Å². The van der Waals surface area contributed by atoms with Crippen LogP contribution >= 0.6 is 0 Å². The lowest BCUT2D eigenvalue weighted by molar-refractivity contribution is 0.0677. The number of hydrogen-bond donors (Lipinski definition) is 1. The molecule has 0 atom stereocenters. The number of fused-ring (bicyclic) bond motifs is 1. The van der Waals surface area contributed by atoms with Crippen molar-refractivity contribution in [1.82, 2.24) is 4.90 Å². The number of aliphatic hydroxyl groups is 1. The largest absolute Gasteiger partial charge is 0.451 e.